The Morgan fingerprint density at radius 3 is 2.75 bits per heavy atom. The Hall–Kier alpha value is -1.59. The van der Waals surface area contributed by atoms with Crippen molar-refractivity contribution < 1.29 is 19.4 Å². The molecule has 112 valence electrons. The Kier molecular flexibility index (Phi) is 7.69. The molecule has 2 N–H and O–H groups in total. The molecule has 1 aromatic carbocycles. The van der Waals surface area contributed by atoms with Gasteiger partial charge in [0.2, 0.25) is 5.91 Å². The molecule has 1 amide bonds. The van der Waals surface area contributed by atoms with Gasteiger partial charge in [0.05, 0.1) is 19.8 Å². The molecule has 0 fully saturated rings. The predicted molar refractivity (Wildman–Crippen MR) is 76.8 cm³/mol. The molecule has 20 heavy (non-hydrogen) atoms. The fourth-order valence-corrected chi connectivity index (χ4v) is 2.01. The van der Waals surface area contributed by atoms with Crippen LogP contribution in [0.3, 0.4) is 0 Å². The summed E-state index contributed by atoms with van der Waals surface area (Å²) in [6.07, 6.45) is 1.49. The third kappa shape index (κ3) is 5.59. The molecule has 5 nitrogen and oxygen atoms in total. The number of amides is 1. The lowest BCUT2D eigenvalue weighted by Gasteiger charge is -2.17. The van der Waals surface area contributed by atoms with Gasteiger partial charge in [0.15, 0.2) is 0 Å². The molecule has 0 aliphatic heterocycles. The van der Waals surface area contributed by atoms with E-state index in [0.29, 0.717) is 25.9 Å². The number of methoxy groups -OCH3 is 2. The minimum Gasteiger partial charge on any atom is -0.496 e. The van der Waals surface area contributed by atoms with E-state index in [-0.39, 0.29) is 18.6 Å². The molecule has 1 rings (SSSR count). The van der Waals surface area contributed by atoms with Gasteiger partial charge in [-0.3, -0.25) is 4.79 Å². The summed E-state index contributed by atoms with van der Waals surface area (Å²) in [5.74, 6) is 0.746. The van der Waals surface area contributed by atoms with E-state index in [0.717, 1.165) is 11.3 Å². The molecule has 1 unspecified atom stereocenters. The van der Waals surface area contributed by atoms with Crippen LogP contribution in [-0.4, -0.2) is 44.5 Å². The van der Waals surface area contributed by atoms with Crippen LogP contribution >= 0.6 is 0 Å². The molecule has 0 radical (unpaired) electrons. The highest BCUT2D eigenvalue weighted by Gasteiger charge is 2.12. The molecule has 1 aromatic rings. The first kappa shape index (κ1) is 16.5. The van der Waals surface area contributed by atoms with Crippen LogP contribution in [0.15, 0.2) is 24.3 Å². The SMILES string of the molecule is COCC(CCO)NC(=O)CCc1ccccc1OC. The second-order valence-corrected chi connectivity index (χ2v) is 4.54. The Bertz CT molecular complexity index is 403. The number of benzene rings is 1. The van der Waals surface area contributed by atoms with Crippen LogP contribution in [0.2, 0.25) is 0 Å². The summed E-state index contributed by atoms with van der Waals surface area (Å²) in [5.41, 5.74) is 1.01. The topological polar surface area (TPSA) is 67.8 Å². The van der Waals surface area contributed by atoms with E-state index in [2.05, 4.69) is 5.32 Å². The minimum absolute atomic E-state index is 0.0286. The molecule has 1 atom stereocenters. The number of hydrogen-bond donors (Lipinski definition) is 2. The number of carbonyl (C=O) groups excluding carboxylic acids is 1. The van der Waals surface area contributed by atoms with Gasteiger partial charge in [0.25, 0.3) is 0 Å². The standard InChI is InChI=1S/C15H23NO4/c1-19-11-13(9-10-17)16-15(18)8-7-12-5-3-4-6-14(12)20-2/h3-6,13,17H,7-11H2,1-2H3,(H,16,18). The minimum atomic E-state index is -0.143. The van der Waals surface area contributed by atoms with Crippen LogP contribution < -0.4 is 10.1 Å². The Morgan fingerprint density at radius 1 is 1.35 bits per heavy atom. The third-order valence-electron chi connectivity index (χ3n) is 3.02. The molecule has 0 heterocycles. The van der Waals surface area contributed by atoms with Gasteiger partial charge < -0.3 is 19.9 Å². The van der Waals surface area contributed by atoms with Crippen LogP contribution in [0, 0.1) is 0 Å². The molecule has 0 aliphatic carbocycles. The zero-order valence-corrected chi connectivity index (χ0v) is 12.1. The number of aryl methyl sites for hydroxylation is 1. The van der Waals surface area contributed by atoms with E-state index in [1.807, 2.05) is 24.3 Å². The normalized spacial score (nSPS) is 11.9. The second-order valence-electron chi connectivity index (χ2n) is 4.54. The van der Waals surface area contributed by atoms with Crippen molar-refractivity contribution in [2.45, 2.75) is 25.3 Å². The first-order chi connectivity index (χ1) is 9.71. The molecule has 0 aromatic heterocycles. The molecule has 0 aliphatic rings. The summed E-state index contributed by atoms with van der Waals surface area (Å²) in [6.45, 7) is 0.432. The summed E-state index contributed by atoms with van der Waals surface area (Å²) in [7, 11) is 3.19. The quantitative estimate of drug-likeness (QED) is 0.712. The number of aliphatic hydroxyl groups excluding tert-OH is 1. The number of para-hydroxylation sites is 1. The van der Waals surface area contributed by atoms with Crippen LogP contribution in [-0.2, 0) is 16.0 Å². The van der Waals surface area contributed by atoms with Gasteiger partial charge in [-0.25, -0.2) is 0 Å². The summed E-state index contributed by atoms with van der Waals surface area (Å²) in [5, 5.41) is 11.8. The molecule has 0 saturated carbocycles. The van der Waals surface area contributed by atoms with Gasteiger partial charge >= 0.3 is 0 Å². The second kappa shape index (κ2) is 9.34. The first-order valence-corrected chi connectivity index (χ1v) is 6.72. The molecule has 5 heteroatoms. The van der Waals surface area contributed by atoms with Crippen molar-refractivity contribution >= 4 is 5.91 Å². The monoisotopic (exact) mass is 281 g/mol. The van der Waals surface area contributed by atoms with E-state index in [1.165, 1.54) is 0 Å². The van der Waals surface area contributed by atoms with Crippen molar-refractivity contribution in [3.63, 3.8) is 0 Å². The molecule has 0 spiro atoms. The van der Waals surface area contributed by atoms with Gasteiger partial charge in [-0.2, -0.15) is 0 Å². The predicted octanol–water partition coefficient (Wildman–Crippen LogP) is 1.14. The van der Waals surface area contributed by atoms with Crippen molar-refractivity contribution in [2.75, 3.05) is 27.4 Å². The van der Waals surface area contributed by atoms with Gasteiger partial charge in [0.1, 0.15) is 5.75 Å². The number of nitrogens with one attached hydrogen (secondary N) is 1. The van der Waals surface area contributed by atoms with Crippen molar-refractivity contribution in [1.29, 1.82) is 0 Å². The molecule has 0 bridgehead atoms. The number of aliphatic hydroxyl groups is 1. The Labute approximate surface area is 119 Å². The average molecular weight is 281 g/mol. The zero-order chi connectivity index (χ0) is 14.8. The number of ether oxygens (including phenoxy) is 2. The van der Waals surface area contributed by atoms with Crippen molar-refractivity contribution in [1.82, 2.24) is 5.32 Å². The number of carbonyl (C=O) groups is 1. The number of hydrogen-bond acceptors (Lipinski definition) is 4. The van der Waals surface area contributed by atoms with Crippen molar-refractivity contribution in [2.24, 2.45) is 0 Å². The third-order valence-corrected chi connectivity index (χ3v) is 3.02. The van der Waals surface area contributed by atoms with Gasteiger partial charge in [-0.1, -0.05) is 18.2 Å². The van der Waals surface area contributed by atoms with Crippen LogP contribution in [0.1, 0.15) is 18.4 Å². The van der Waals surface area contributed by atoms with E-state index >= 15 is 0 Å². The lowest BCUT2D eigenvalue weighted by atomic mass is 10.1. The first-order valence-electron chi connectivity index (χ1n) is 6.72. The van der Waals surface area contributed by atoms with Crippen molar-refractivity contribution in [3.8, 4) is 5.75 Å². The summed E-state index contributed by atoms with van der Waals surface area (Å²) in [4.78, 5) is 11.9. The largest absolute Gasteiger partial charge is 0.496 e. The van der Waals surface area contributed by atoms with Crippen LogP contribution in [0.4, 0.5) is 0 Å². The Balaban J connectivity index is 2.45. The van der Waals surface area contributed by atoms with E-state index in [4.69, 9.17) is 14.6 Å². The van der Waals surface area contributed by atoms with E-state index < -0.39 is 0 Å². The van der Waals surface area contributed by atoms with E-state index in [9.17, 15) is 4.79 Å². The van der Waals surface area contributed by atoms with Crippen LogP contribution in [0.5, 0.6) is 5.75 Å². The van der Waals surface area contributed by atoms with E-state index in [1.54, 1.807) is 14.2 Å². The zero-order valence-electron chi connectivity index (χ0n) is 12.1. The van der Waals surface area contributed by atoms with Gasteiger partial charge in [-0.05, 0) is 24.5 Å². The summed E-state index contributed by atoms with van der Waals surface area (Å²) >= 11 is 0. The highest BCUT2D eigenvalue weighted by Crippen LogP contribution is 2.18. The summed E-state index contributed by atoms with van der Waals surface area (Å²) < 4.78 is 10.3. The maximum Gasteiger partial charge on any atom is 0.220 e. The maximum absolute atomic E-state index is 11.9. The lowest BCUT2D eigenvalue weighted by Crippen LogP contribution is -2.38. The summed E-state index contributed by atoms with van der Waals surface area (Å²) in [6, 6.07) is 7.52. The van der Waals surface area contributed by atoms with Crippen LogP contribution in [0.25, 0.3) is 0 Å². The van der Waals surface area contributed by atoms with Gasteiger partial charge in [-0.15, -0.1) is 0 Å². The van der Waals surface area contributed by atoms with Gasteiger partial charge in [0, 0.05) is 20.1 Å². The fraction of sp³-hybridized carbons (Fsp3) is 0.533. The molecular formula is C15H23NO4. The highest BCUT2D eigenvalue weighted by atomic mass is 16.5. The fourth-order valence-electron chi connectivity index (χ4n) is 2.01. The average Bonchev–Trinajstić information content (AvgIpc) is 2.46. The molecular weight excluding hydrogens is 258 g/mol. The molecule has 0 saturated heterocycles. The Morgan fingerprint density at radius 2 is 2.10 bits per heavy atom. The lowest BCUT2D eigenvalue weighted by molar-refractivity contribution is -0.122. The maximum atomic E-state index is 11.9. The van der Waals surface area contributed by atoms with Crippen molar-refractivity contribution in [3.05, 3.63) is 29.8 Å². The number of rotatable bonds is 9. The highest BCUT2D eigenvalue weighted by molar-refractivity contribution is 5.76. The smallest absolute Gasteiger partial charge is 0.220 e.